The van der Waals surface area contributed by atoms with Crippen molar-refractivity contribution < 1.29 is 27.5 Å². The van der Waals surface area contributed by atoms with Gasteiger partial charge >= 0.3 is 6.18 Å². The van der Waals surface area contributed by atoms with Crippen molar-refractivity contribution in [2.24, 2.45) is 5.92 Å². The largest absolute Gasteiger partial charge is 0.484 e. The van der Waals surface area contributed by atoms with Gasteiger partial charge < -0.3 is 15.4 Å². The Morgan fingerprint density at radius 1 is 1.04 bits per heavy atom. The lowest BCUT2D eigenvalue weighted by Crippen LogP contribution is -2.37. The molecule has 0 radical (unpaired) electrons. The Balaban J connectivity index is 1.69. The Hall–Kier alpha value is -2.25. The number of amides is 2. The third kappa shape index (κ3) is 6.64. The van der Waals surface area contributed by atoms with Gasteiger partial charge in [0.05, 0.1) is 0 Å². The molecule has 138 valence electrons. The minimum atomic E-state index is -4.40. The standard InChI is InChI=1S/C17H21F3N2O3/c18-17(19,20)11-25-14-7-5-13(6-8-14)16(24)22-10-9-21-15(23)12-3-1-2-4-12/h5-8,12H,1-4,9-11H2,(H,21,23)(H,22,24). The van der Waals surface area contributed by atoms with Crippen LogP contribution >= 0.6 is 0 Å². The summed E-state index contributed by atoms with van der Waals surface area (Å²) in [7, 11) is 0. The third-order valence-corrected chi connectivity index (χ3v) is 3.95. The van der Waals surface area contributed by atoms with Gasteiger partial charge in [0.15, 0.2) is 6.61 Å². The van der Waals surface area contributed by atoms with E-state index in [0.29, 0.717) is 12.1 Å². The summed E-state index contributed by atoms with van der Waals surface area (Å²) in [6, 6.07) is 5.39. The first-order chi connectivity index (χ1) is 11.8. The lowest BCUT2D eigenvalue weighted by Gasteiger charge is -2.11. The van der Waals surface area contributed by atoms with Crippen LogP contribution in [-0.2, 0) is 4.79 Å². The normalized spacial score (nSPS) is 15.0. The molecule has 0 unspecified atom stereocenters. The summed E-state index contributed by atoms with van der Waals surface area (Å²) in [4.78, 5) is 23.7. The number of nitrogens with one attached hydrogen (secondary N) is 2. The van der Waals surface area contributed by atoms with Crippen LogP contribution in [0.1, 0.15) is 36.0 Å². The Kier molecular flexibility index (Phi) is 6.66. The maximum atomic E-state index is 12.1. The first-order valence-corrected chi connectivity index (χ1v) is 8.21. The number of alkyl halides is 3. The van der Waals surface area contributed by atoms with Gasteiger partial charge in [-0.3, -0.25) is 9.59 Å². The Labute approximate surface area is 143 Å². The first kappa shape index (κ1) is 19.1. The fourth-order valence-electron chi connectivity index (χ4n) is 2.66. The molecule has 0 aliphatic heterocycles. The molecular weight excluding hydrogens is 337 g/mol. The summed E-state index contributed by atoms with van der Waals surface area (Å²) in [6.45, 7) is -0.753. The lowest BCUT2D eigenvalue weighted by atomic mass is 10.1. The summed E-state index contributed by atoms with van der Waals surface area (Å²) in [5.74, 6) is -0.215. The topological polar surface area (TPSA) is 67.4 Å². The zero-order valence-electron chi connectivity index (χ0n) is 13.7. The molecule has 0 atom stereocenters. The highest BCUT2D eigenvalue weighted by Gasteiger charge is 2.28. The number of benzene rings is 1. The van der Waals surface area contributed by atoms with Gasteiger partial charge in [0, 0.05) is 24.6 Å². The van der Waals surface area contributed by atoms with E-state index in [1.165, 1.54) is 24.3 Å². The molecule has 1 aliphatic rings. The molecule has 1 aromatic carbocycles. The molecule has 0 heterocycles. The number of carbonyl (C=O) groups is 2. The van der Waals surface area contributed by atoms with E-state index in [1.807, 2.05) is 0 Å². The quantitative estimate of drug-likeness (QED) is 0.737. The second-order valence-corrected chi connectivity index (χ2v) is 5.96. The van der Waals surface area contributed by atoms with Gasteiger partial charge in [0.2, 0.25) is 5.91 Å². The van der Waals surface area contributed by atoms with Crippen molar-refractivity contribution in [2.75, 3.05) is 19.7 Å². The van der Waals surface area contributed by atoms with Crippen LogP contribution in [0.25, 0.3) is 0 Å². The average Bonchev–Trinajstić information content (AvgIpc) is 3.11. The van der Waals surface area contributed by atoms with Crippen molar-refractivity contribution in [3.8, 4) is 5.75 Å². The van der Waals surface area contributed by atoms with E-state index in [1.54, 1.807) is 0 Å². The highest BCUT2D eigenvalue weighted by atomic mass is 19.4. The molecule has 0 aromatic heterocycles. The SMILES string of the molecule is O=C(NCCNC(=O)C1CCCC1)c1ccc(OCC(F)(F)F)cc1. The summed E-state index contributed by atoms with van der Waals surface area (Å²) < 4.78 is 40.7. The Morgan fingerprint density at radius 2 is 1.64 bits per heavy atom. The fourth-order valence-corrected chi connectivity index (χ4v) is 2.66. The van der Waals surface area contributed by atoms with E-state index in [0.717, 1.165) is 25.7 Å². The molecule has 5 nitrogen and oxygen atoms in total. The van der Waals surface area contributed by atoms with Crippen molar-refractivity contribution in [3.05, 3.63) is 29.8 Å². The van der Waals surface area contributed by atoms with E-state index < -0.39 is 12.8 Å². The lowest BCUT2D eigenvalue weighted by molar-refractivity contribution is -0.153. The van der Waals surface area contributed by atoms with Gasteiger partial charge in [0.25, 0.3) is 5.91 Å². The minimum Gasteiger partial charge on any atom is -0.484 e. The van der Waals surface area contributed by atoms with Crippen molar-refractivity contribution >= 4 is 11.8 Å². The van der Waals surface area contributed by atoms with Crippen LogP contribution < -0.4 is 15.4 Å². The zero-order chi connectivity index (χ0) is 18.3. The zero-order valence-corrected chi connectivity index (χ0v) is 13.7. The third-order valence-electron chi connectivity index (χ3n) is 3.95. The monoisotopic (exact) mass is 358 g/mol. The van der Waals surface area contributed by atoms with Gasteiger partial charge in [-0.25, -0.2) is 0 Å². The van der Waals surface area contributed by atoms with Gasteiger partial charge in [-0.1, -0.05) is 12.8 Å². The second kappa shape index (κ2) is 8.73. The van der Waals surface area contributed by atoms with Crippen LogP contribution in [0.4, 0.5) is 13.2 Å². The molecule has 1 aliphatic carbocycles. The van der Waals surface area contributed by atoms with Crippen molar-refractivity contribution in [2.45, 2.75) is 31.9 Å². The summed E-state index contributed by atoms with van der Waals surface area (Å²) in [5.41, 5.74) is 0.307. The van der Waals surface area contributed by atoms with Crippen LogP contribution in [0, 0.1) is 5.92 Å². The molecule has 25 heavy (non-hydrogen) atoms. The molecule has 8 heteroatoms. The van der Waals surface area contributed by atoms with Gasteiger partial charge in [0.1, 0.15) is 5.75 Å². The van der Waals surface area contributed by atoms with Crippen molar-refractivity contribution in [1.29, 1.82) is 0 Å². The van der Waals surface area contributed by atoms with Crippen LogP contribution in [0.15, 0.2) is 24.3 Å². The van der Waals surface area contributed by atoms with E-state index in [9.17, 15) is 22.8 Å². The number of hydrogen-bond donors (Lipinski definition) is 2. The Morgan fingerprint density at radius 3 is 2.24 bits per heavy atom. The van der Waals surface area contributed by atoms with Crippen molar-refractivity contribution in [3.63, 3.8) is 0 Å². The smallest absolute Gasteiger partial charge is 0.422 e. The van der Waals surface area contributed by atoms with E-state index >= 15 is 0 Å². The Bertz CT molecular complexity index is 582. The predicted molar refractivity (Wildman–Crippen MR) is 85.3 cm³/mol. The maximum Gasteiger partial charge on any atom is 0.422 e. The number of rotatable bonds is 7. The fraction of sp³-hybridized carbons (Fsp3) is 0.529. The van der Waals surface area contributed by atoms with E-state index in [2.05, 4.69) is 15.4 Å². The molecule has 0 spiro atoms. The maximum absolute atomic E-state index is 12.1. The molecule has 0 bridgehead atoms. The molecule has 2 rings (SSSR count). The summed E-state index contributed by atoms with van der Waals surface area (Å²) >= 11 is 0. The van der Waals surface area contributed by atoms with Gasteiger partial charge in [-0.2, -0.15) is 13.2 Å². The second-order valence-electron chi connectivity index (χ2n) is 5.96. The van der Waals surface area contributed by atoms with Crippen LogP contribution in [-0.4, -0.2) is 37.7 Å². The highest BCUT2D eigenvalue weighted by molar-refractivity contribution is 5.94. The molecule has 1 aromatic rings. The van der Waals surface area contributed by atoms with Gasteiger partial charge in [-0.15, -0.1) is 0 Å². The molecule has 1 fully saturated rings. The molecule has 2 amide bonds. The number of carbonyl (C=O) groups excluding carboxylic acids is 2. The van der Waals surface area contributed by atoms with Crippen LogP contribution in [0.2, 0.25) is 0 Å². The first-order valence-electron chi connectivity index (χ1n) is 8.21. The van der Waals surface area contributed by atoms with Crippen LogP contribution in [0.3, 0.4) is 0 Å². The minimum absolute atomic E-state index is 0.0258. The van der Waals surface area contributed by atoms with Crippen molar-refractivity contribution in [1.82, 2.24) is 10.6 Å². The van der Waals surface area contributed by atoms with E-state index in [-0.39, 0.29) is 30.0 Å². The molecule has 1 saturated carbocycles. The van der Waals surface area contributed by atoms with Crippen LogP contribution in [0.5, 0.6) is 5.75 Å². The van der Waals surface area contributed by atoms with Gasteiger partial charge in [-0.05, 0) is 37.1 Å². The van der Waals surface area contributed by atoms with E-state index in [4.69, 9.17) is 0 Å². The average molecular weight is 358 g/mol. The summed E-state index contributed by atoms with van der Waals surface area (Å²) in [5, 5.41) is 5.44. The predicted octanol–water partition coefficient (Wildman–Crippen LogP) is 2.66. The number of hydrogen-bond acceptors (Lipinski definition) is 3. The summed E-state index contributed by atoms with van der Waals surface area (Å²) in [6.07, 6.45) is -0.407. The molecule has 2 N–H and O–H groups in total. The highest BCUT2D eigenvalue weighted by Crippen LogP contribution is 2.24. The molecular formula is C17H21F3N2O3. The number of ether oxygens (including phenoxy) is 1. The number of halogens is 3. The molecule has 0 saturated heterocycles.